The topological polar surface area (TPSA) is 68.8 Å². The van der Waals surface area contributed by atoms with E-state index in [1.807, 2.05) is 24.3 Å². The largest absolute Gasteiger partial charge is 0.356 e. The predicted octanol–water partition coefficient (Wildman–Crippen LogP) is 3.95. The highest BCUT2D eigenvalue weighted by Crippen LogP contribution is 2.20. The number of piperidine rings is 1. The molecule has 0 saturated carbocycles. The normalized spacial score (nSPS) is 16.6. The molecule has 0 aromatic heterocycles. The smallest absolute Gasteiger partial charge is 0.251 e. The van der Waals surface area contributed by atoms with E-state index in [1.165, 1.54) is 36.9 Å². The van der Waals surface area contributed by atoms with Gasteiger partial charge in [-0.2, -0.15) is 0 Å². The molecule has 1 unspecified atom stereocenters. The van der Waals surface area contributed by atoms with Gasteiger partial charge in [0.05, 0.1) is 0 Å². The summed E-state index contributed by atoms with van der Waals surface area (Å²) in [4.78, 5) is 18.8. The molecule has 180 valence electrons. The SMILES string of the molecule is CN=C(NCCc1cccc(C(=O)NC)c1)NCc1ccccc1CN1CCCCC1C.I. The summed E-state index contributed by atoms with van der Waals surface area (Å²) in [6.45, 7) is 6.02. The maximum Gasteiger partial charge on any atom is 0.251 e. The fraction of sp³-hybridized carbons (Fsp3) is 0.462. The van der Waals surface area contributed by atoms with Crippen molar-refractivity contribution in [3.8, 4) is 0 Å². The van der Waals surface area contributed by atoms with Crippen LogP contribution in [0.3, 0.4) is 0 Å². The number of halogens is 1. The Bertz CT molecular complexity index is 917. The number of nitrogens with one attached hydrogen (secondary N) is 3. The zero-order chi connectivity index (χ0) is 22.8. The number of carbonyl (C=O) groups excluding carboxylic acids is 1. The summed E-state index contributed by atoms with van der Waals surface area (Å²) in [5.41, 5.74) is 4.50. The Balaban J connectivity index is 0.00000385. The second kappa shape index (κ2) is 14.2. The van der Waals surface area contributed by atoms with E-state index in [-0.39, 0.29) is 29.9 Å². The summed E-state index contributed by atoms with van der Waals surface area (Å²) in [5, 5.41) is 9.51. The minimum absolute atomic E-state index is 0. The van der Waals surface area contributed by atoms with Crippen molar-refractivity contribution in [3.05, 3.63) is 70.8 Å². The summed E-state index contributed by atoms with van der Waals surface area (Å²) >= 11 is 0. The number of aliphatic imine (C=N–C) groups is 1. The number of carbonyl (C=O) groups is 1. The average molecular weight is 564 g/mol. The van der Waals surface area contributed by atoms with Gasteiger partial charge in [-0.05, 0) is 61.6 Å². The summed E-state index contributed by atoms with van der Waals surface area (Å²) in [6, 6.07) is 17.1. The van der Waals surface area contributed by atoms with Crippen molar-refractivity contribution >= 4 is 35.8 Å². The average Bonchev–Trinajstić information content (AvgIpc) is 2.83. The van der Waals surface area contributed by atoms with E-state index in [2.05, 4.69) is 57.0 Å². The number of rotatable bonds is 8. The van der Waals surface area contributed by atoms with Crippen molar-refractivity contribution in [1.82, 2.24) is 20.9 Å². The van der Waals surface area contributed by atoms with Gasteiger partial charge in [0.25, 0.3) is 5.91 Å². The first-order chi connectivity index (χ1) is 15.6. The van der Waals surface area contributed by atoms with Gasteiger partial charge in [0.2, 0.25) is 0 Å². The van der Waals surface area contributed by atoms with Gasteiger partial charge in [0.1, 0.15) is 0 Å². The standard InChI is InChI=1S/C26H37N5O.HI/c1-20-9-6-7-16-31(20)19-24-12-5-4-11-23(24)18-30-26(28-3)29-15-14-21-10-8-13-22(17-21)25(32)27-2;/h4-5,8,10-13,17,20H,6-7,9,14-16,18-19H2,1-3H3,(H,27,32)(H2,28,29,30);1H. The summed E-state index contributed by atoms with van der Waals surface area (Å²) in [5.74, 6) is 0.725. The second-order valence-corrected chi connectivity index (χ2v) is 8.47. The third kappa shape index (κ3) is 8.30. The van der Waals surface area contributed by atoms with Gasteiger partial charge in [-0.15, -0.1) is 24.0 Å². The van der Waals surface area contributed by atoms with Crippen LogP contribution < -0.4 is 16.0 Å². The van der Waals surface area contributed by atoms with E-state index in [9.17, 15) is 4.79 Å². The molecular formula is C26H38IN5O. The zero-order valence-electron chi connectivity index (χ0n) is 20.1. The lowest BCUT2D eigenvalue weighted by atomic mass is 10.0. The van der Waals surface area contributed by atoms with Crippen molar-refractivity contribution in [2.75, 3.05) is 27.2 Å². The van der Waals surface area contributed by atoms with Crippen LogP contribution in [0, 0.1) is 0 Å². The van der Waals surface area contributed by atoms with E-state index >= 15 is 0 Å². The van der Waals surface area contributed by atoms with Crippen LogP contribution in [0.15, 0.2) is 53.5 Å². The lowest BCUT2D eigenvalue weighted by Crippen LogP contribution is -2.39. The number of hydrogen-bond donors (Lipinski definition) is 3. The molecule has 0 aliphatic carbocycles. The summed E-state index contributed by atoms with van der Waals surface area (Å²) < 4.78 is 0. The van der Waals surface area contributed by atoms with Crippen LogP contribution in [0.4, 0.5) is 0 Å². The molecule has 0 spiro atoms. The molecule has 33 heavy (non-hydrogen) atoms. The van der Waals surface area contributed by atoms with Gasteiger partial charge in [-0.3, -0.25) is 14.7 Å². The van der Waals surface area contributed by atoms with Gasteiger partial charge in [-0.1, -0.05) is 42.8 Å². The molecule has 1 aliphatic heterocycles. The second-order valence-electron chi connectivity index (χ2n) is 8.47. The fourth-order valence-corrected chi connectivity index (χ4v) is 4.23. The summed E-state index contributed by atoms with van der Waals surface area (Å²) in [7, 11) is 3.44. The van der Waals surface area contributed by atoms with Crippen LogP contribution in [0.2, 0.25) is 0 Å². The molecule has 3 rings (SSSR count). The molecule has 2 aromatic rings. The number of nitrogens with zero attached hydrogens (tertiary/aromatic N) is 2. The lowest BCUT2D eigenvalue weighted by Gasteiger charge is -2.33. The van der Waals surface area contributed by atoms with E-state index in [0.29, 0.717) is 11.6 Å². The molecule has 1 amide bonds. The van der Waals surface area contributed by atoms with Crippen LogP contribution in [-0.4, -0.2) is 50.0 Å². The first-order valence-corrected chi connectivity index (χ1v) is 11.7. The zero-order valence-corrected chi connectivity index (χ0v) is 22.4. The molecule has 1 aliphatic rings. The third-order valence-corrected chi connectivity index (χ3v) is 6.22. The molecule has 1 saturated heterocycles. The summed E-state index contributed by atoms with van der Waals surface area (Å²) in [6.07, 6.45) is 4.75. The molecule has 0 bridgehead atoms. The number of guanidine groups is 1. The van der Waals surface area contributed by atoms with Crippen LogP contribution in [0.25, 0.3) is 0 Å². The molecule has 6 nitrogen and oxygen atoms in total. The Kier molecular flexibility index (Phi) is 11.7. The predicted molar refractivity (Wildman–Crippen MR) is 147 cm³/mol. The van der Waals surface area contributed by atoms with Gasteiger partial charge in [0.15, 0.2) is 5.96 Å². The van der Waals surface area contributed by atoms with Crippen LogP contribution in [0.1, 0.15) is 53.2 Å². The number of amides is 1. The highest BCUT2D eigenvalue weighted by atomic mass is 127. The Morgan fingerprint density at radius 3 is 2.61 bits per heavy atom. The van der Waals surface area contributed by atoms with Crippen LogP contribution in [0.5, 0.6) is 0 Å². The minimum atomic E-state index is -0.0603. The van der Waals surface area contributed by atoms with E-state index in [4.69, 9.17) is 0 Å². The molecular weight excluding hydrogens is 525 g/mol. The first-order valence-electron chi connectivity index (χ1n) is 11.7. The first kappa shape index (κ1) is 27.1. The van der Waals surface area contributed by atoms with Crippen molar-refractivity contribution < 1.29 is 4.79 Å². The molecule has 2 aromatic carbocycles. The third-order valence-electron chi connectivity index (χ3n) is 6.22. The van der Waals surface area contributed by atoms with E-state index < -0.39 is 0 Å². The number of benzene rings is 2. The maximum atomic E-state index is 11.8. The number of likely N-dealkylation sites (tertiary alicyclic amines) is 1. The van der Waals surface area contributed by atoms with Gasteiger partial charge >= 0.3 is 0 Å². The van der Waals surface area contributed by atoms with Crippen molar-refractivity contribution in [3.63, 3.8) is 0 Å². The number of hydrogen-bond acceptors (Lipinski definition) is 3. The monoisotopic (exact) mass is 563 g/mol. The Morgan fingerprint density at radius 2 is 1.88 bits per heavy atom. The van der Waals surface area contributed by atoms with E-state index in [1.54, 1.807) is 14.1 Å². The molecule has 3 N–H and O–H groups in total. The quantitative estimate of drug-likeness (QED) is 0.259. The van der Waals surface area contributed by atoms with Gasteiger partial charge in [0, 0.05) is 45.3 Å². The van der Waals surface area contributed by atoms with Gasteiger partial charge in [-0.25, -0.2) is 0 Å². The Hall–Kier alpha value is -2.13. The maximum absolute atomic E-state index is 11.8. The molecule has 1 atom stereocenters. The molecule has 1 heterocycles. The minimum Gasteiger partial charge on any atom is -0.356 e. The lowest BCUT2D eigenvalue weighted by molar-refractivity contribution is 0.0963. The molecule has 7 heteroatoms. The fourth-order valence-electron chi connectivity index (χ4n) is 4.23. The van der Waals surface area contributed by atoms with Crippen LogP contribution in [-0.2, 0) is 19.5 Å². The highest BCUT2D eigenvalue weighted by molar-refractivity contribution is 14.0. The van der Waals surface area contributed by atoms with Crippen LogP contribution >= 0.6 is 24.0 Å². The van der Waals surface area contributed by atoms with Crippen molar-refractivity contribution in [1.29, 1.82) is 0 Å². The molecule has 1 fully saturated rings. The Labute approximate surface area is 215 Å². The van der Waals surface area contributed by atoms with Crippen molar-refractivity contribution in [2.24, 2.45) is 4.99 Å². The van der Waals surface area contributed by atoms with Crippen molar-refractivity contribution in [2.45, 2.75) is 51.7 Å². The molecule has 0 radical (unpaired) electrons. The van der Waals surface area contributed by atoms with Gasteiger partial charge < -0.3 is 16.0 Å². The van der Waals surface area contributed by atoms with E-state index in [0.717, 1.165) is 37.6 Å². The highest BCUT2D eigenvalue weighted by Gasteiger charge is 2.19. The Morgan fingerprint density at radius 1 is 1.09 bits per heavy atom.